The van der Waals surface area contributed by atoms with Crippen LogP contribution in [0.1, 0.15) is 5.56 Å². The number of fused-ring (bicyclic) bond motifs is 1. The largest absolute Gasteiger partial charge is 0.420 e. The van der Waals surface area contributed by atoms with Crippen molar-refractivity contribution in [2.45, 2.75) is 13.5 Å². The minimum Gasteiger partial charge on any atom is -0.408 e. The van der Waals surface area contributed by atoms with Gasteiger partial charge in [-0.1, -0.05) is 18.2 Å². The number of aromatic nitrogens is 1. The lowest BCUT2D eigenvalue weighted by molar-refractivity contribution is -0.116. The minimum atomic E-state index is -0.624. The Morgan fingerprint density at radius 2 is 2.05 bits per heavy atom. The molecule has 3 aromatic rings. The van der Waals surface area contributed by atoms with Crippen LogP contribution in [-0.2, 0) is 11.3 Å². The normalized spacial score (nSPS) is 10.8. The Bertz CT molecular complexity index is 911. The average molecular weight is 300 g/mol. The van der Waals surface area contributed by atoms with E-state index in [2.05, 4.69) is 5.32 Å². The molecular weight excluding hydrogens is 287 g/mol. The van der Waals surface area contributed by atoms with Crippen molar-refractivity contribution in [1.29, 1.82) is 0 Å². The molecule has 0 saturated carbocycles. The molecule has 5 nitrogen and oxygen atoms in total. The smallest absolute Gasteiger partial charge is 0.408 e. The van der Waals surface area contributed by atoms with Crippen LogP contribution in [0.2, 0.25) is 0 Å². The molecule has 0 aliphatic heterocycles. The fraction of sp³-hybridized carbons (Fsp3) is 0.125. The quantitative estimate of drug-likeness (QED) is 0.809. The first-order valence-corrected chi connectivity index (χ1v) is 6.69. The summed E-state index contributed by atoms with van der Waals surface area (Å²) < 4.78 is 20.0. The molecule has 0 saturated heterocycles. The van der Waals surface area contributed by atoms with Crippen molar-refractivity contribution in [2.75, 3.05) is 5.32 Å². The molecule has 2 aromatic carbocycles. The first-order valence-electron chi connectivity index (χ1n) is 6.69. The molecule has 0 spiro atoms. The lowest BCUT2D eigenvalue weighted by atomic mass is 10.2. The fourth-order valence-electron chi connectivity index (χ4n) is 2.22. The molecular formula is C16H13FN2O3. The van der Waals surface area contributed by atoms with Crippen LogP contribution < -0.4 is 11.1 Å². The average Bonchev–Trinajstić information content (AvgIpc) is 2.78. The van der Waals surface area contributed by atoms with Gasteiger partial charge in [0.15, 0.2) is 5.58 Å². The van der Waals surface area contributed by atoms with Gasteiger partial charge in [-0.15, -0.1) is 0 Å². The molecule has 1 aromatic heterocycles. The van der Waals surface area contributed by atoms with Gasteiger partial charge in [-0.05, 0) is 36.8 Å². The maximum atomic E-state index is 13.7. The topological polar surface area (TPSA) is 64.2 Å². The van der Waals surface area contributed by atoms with Gasteiger partial charge in [0.25, 0.3) is 0 Å². The van der Waals surface area contributed by atoms with Crippen LogP contribution in [0.5, 0.6) is 0 Å². The number of hydrogen-bond donors (Lipinski definition) is 1. The summed E-state index contributed by atoms with van der Waals surface area (Å²) in [5.41, 5.74) is 1.76. The highest BCUT2D eigenvalue weighted by Crippen LogP contribution is 2.16. The predicted molar refractivity (Wildman–Crippen MR) is 80.2 cm³/mol. The Hall–Kier alpha value is -2.89. The van der Waals surface area contributed by atoms with Crippen molar-refractivity contribution in [3.63, 3.8) is 0 Å². The molecule has 6 heteroatoms. The van der Waals surface area contributed by atoms with Gasteiger partial charge in [-0.2, -0.15) is 0 Å². The summed E-state index contributed by atoms with van der Waals surface area (Å²) in [6.07, 6.45) is 0. The molecule has 1 N–H and O–H groups in total. The number of aryl methyl sites for hydroxylation is 1. The second kappa shape index (κ2) is 5.48. The van der Waals surface area contributed by atoms with Crippen molar-refractivity contribution in [3.8, 4) is 0 Å². The third-order valence-corrected chi connectivity index (χ3v) is 3.27. The molecule has 1 heterocycles. The highest BCUT2D eigenvalue weighted by molar-refractivity contribution is 5.91. The van der Waals surface area contributed by atoms with E-state index in [0.29, 0.717) is 11.1 Å². The number of hydrogen-bond acceptors (Lipinski definition) is 3. The summed E-state index contributed by atoms with van der Waals surface area (Å²) in [4.78, 5) is 23.8. The zero-order chi connectivity index (χ0) is 15.7. The van der Waals surface area contributed by atoms with Crippen molar-refractivity contribution in [3.05, 3.63) is 64.4 Å². The monoisotopic (exact) mass is 300 g/mol. The highest BCUT2D eigenvalue weighted by Gasteiger charge is 2.13. The fourth-order valence-corrected chi connectivity index (χ4v) is 2.22. The zero-order valence-electron chi connectivity index (χ0n) is 11.8. The lowest BCUT2D eigenvalue weighted by Crippen LogP contribution is -2.25. The van der Waals surface area contributed by atoms with E-state index in [9.17, 15) is 14.0 Å². The van der Waals surface area contributed by atoms with E-state index in [4.69, 9.17) is 4.42 Å². The minimum absolute atomic E-state index is 0.0800. The zero-order valence-corrected chi connectivity index (χ0v) is 11.8. The second-order valence-corrected chi connectivity index (χ2v) is 4.95. The number of halogens is 1. The van der Waals surface area contributed by atoms with Crippen LogP contribution >= 0.6 is 0 Å². The number of nitrogens with one attached hydrogen (secondary N) is 1. The van der Waals surface area contributed by atoms with Crippen molar-refractivity contribution in [2.24, 2.45) is 0 Å². The van der Waals surface area contributed by atoms with Gasteiger partial charge in [0.1, 0.15) is 12.4 Å². The van der Waals surface area contributed by atoms with Gasteiger partial charge in [0, 0.05) is 0 Å². The maximum Gasteiger partial charge on any atom is 0.420 e. The number of oxazole rings is 1. The van der Waals surface area contributed by atoms with Crippen LogP contribution in [0.15, 0.2) is 51.7 Å². The molecule has 0 radical (unpaired) electrons. The van der Waals surface area contributed by atoms with E-state index in [1.54, 1.807) is 37.3 Å². The summed E-state index contributed by atoms with van der Waals surface area (Å²) in [7, 11) is 0. The van der Waals surface area contributed by atoms with E-state index in [0.717, 1.165) is 5.56 Å². The Morgan fingerprint density at radius 3 is 2.82 bits per heavy atom. The summed E-state index contributed by atoms with van der Waals surface area (Å²) in [6.45, 7) is 1.51. The molecule has 1 amide bonds. The van der Waals surface area contributed by atoms with Gasteiger partial charge < -0.3 is 9.73 Å². The standard InChI is InChI=1S/C16H13FN2O3/c1-10-6-7-12(11(17)8-10)18-15(20)9-19-13-4-2-3-5-14(13)22-16(19)21/h2-8H,9H2,1H3,(H,18,20). The van der Waals surface area contributed by atoms with Gasteiger partial charge in [0.05, 0.1) is 11.2 Å². The third kappa shape index (κ3) is 2.63. The summed E-state index contributed by atoms with van der Waals surface area (Å²) >= 11 is 0. The molecule has 0 atom stereocenters. The van der Waals surface area contributed by atoms with Gasteiger partial charge in [-0.25, -0.2) is 9.18 Å². The number of carbonyl (C=O) groups is 1. The number of carbonyl (C=O) groups excluding carboxylic acids is 1. The SMILES string of the molecule is Cc1ccc(NC(=O)Cn2c(=O)oc3ccccc32)c(F)c1. The van der Waals surface area contributed by atoms with Crippen LogP contribution in [-0.4, -0.2) is 10.5 Å². The second-order valence-electron chi connectivity index (χ2n) is 4.95. The van der Waals surface area contributed by atoms with Crippen LogP contribution in [0, 0.1) is 12.7 Å². The molecule has 0 bridgehead atoms. The first kappa shape index (κ1) is 14.1. The Balaban J connectivity index is 1.84. The number of amides is 1. The van der Waals surface area contributed by atoms with E-state index < -0.39 is 17.5 Å². The highest BCUT2D eigenvalue weighted by atomic mass is 19.1. The van der Waals surface area contributed by atoms with E-state index in [1.165, 1.54) is 16.7 Å². The first-order chi connectivity index (χ1) is 10.5. The number of anilines is 1. The molecule has 0 fully saturated rings. The van der Waals surface area contributed by atoms with E-state index >= 15 is 0 Å². The van der Waals surface area contributed by atoms with Crippen LogP contribution in [0.4, 0.5) is 10.1 Å². The van der Waals surface area contributed by atoms with E-state index in [1.807, 2.05) is 0 Å². The van der Waals surface area contributed by atoms with Gasteiger partial charge in [-0.3, -0.25) is 9.36 Å². The molecule has 0 aliphatic rings. The number of benzene rings is 2. The van der Waals surface area contributed by atoms with Crippen molar-refractivity contribution >= 4 is 22.7 Å². The predicted octanol–water partition coefficient (Wildman–Crippen LogP) is 2.68. The summed E-state index contributed by atoms with van der Waals surface area (Å²) in [6, 6.07) is 11.3. The Morgan fingerprint density at radius 1 is 1.27 bits per heavy atom. The maximum absolute atomic E-state index is 13.7. The van der Waals surface area contributed by atoms with Gasteiger partial charge in [0.2, 0.25) is 5.91 Å². The lowest BCUT2D eigenvalue weighted by Gasteiger charge is -2.07. The molecule has 112 valence electrons. The number of rotatable bonds is 3. The van der Waals surface area contributed by atoms with Gasteiger partial charge >= 0.3 is 5.76 Å². The number of nitrogens with zero attached hydrogens (tertiary/aromatic N) is 1. The Labute approximate surface area is 125 Å². The molecule has 0 unspecified atom stereocenters. The molecule has 0 aliphatic carbocycles. The molecule has 22 heavy (non-hydrogen) atoms. The van der Waals surface area contributed by atoms with Crippen molar-refractivity contribution < 1.29 is 13.6 Å². The van der Waals surface area contributed by atoms with Crippen LogP contribution in [0.3, 0.4) is 0 Å². The third-order valence-electron chi connectivity index (χ3n) is 3.27. The van der Waals surface area contributed by atoms with E-state index in [-0.39, 0.29) is 12.2 Å². The van der Waals surface area contributed by atoms with Crippen LogP contribution in [0.25, 0.3) is 11.1 Å². The molecule has 3 rings (SSSR count). The van der Waals surface area contributed by atoms with Crippen molar-refractivity contribution in [1.82, 2.24) is 4.57 Å². The number of para-hydroxylation sites is 2. The Kier molecular flexibility index (Phi) is 3.50. The summed E-state index contributed by atoms with van der Waals surface area (Å²) in [5.74, 6) is -1.64. The summed E-state index contributed by atoms with van der Waals surface area (Å²) in [5, 5.41) is 2.45.